The molecule has 1 saturated carbocycles. The molecule has 29 heavy (non-hydrogen) atoms. The Morgan fingerprint density at radius 2 is 2.00 bits per heavy atom. The first-order valence-corrected chi connectivity index (χ1v) is 11.1. The molecule has 1 aliphatic rings. The number of hydrogen-bond acceptors (Lipinski definition) is 5. The quantitative estimate of drug-likeness (QED) is 0.576. The van der Waals surface area contributed by atoms with E-state index in [0.29, 0.717) is 11.8 Å². The van der Waals surface area contributed by atoms with Crippen molar-refractivity contribution in [3.05, 3.63) is 54.0 Å². The van der Waals surface area contributed by atoms with E-state index in [9.17, 15) is 4.79 Å². The fourth-order valence-electron chi connectivity index (χ4n) is 3.88. The Morgan fingerprint density at radius 3 is 2.69 bits per heavy atom. The van der Waals surface area contributed by atoms with Crippen LogP contribution in [0, 0.1) is 6.92 Å². The van der Waals surface area contributed by atoms with Crippen LogP contribution in [0.3, 0.4) is 0 Å². The molecule has 2 aromatic heterocycles. The first-order valence-electron chi connectivity index (χ1n) is 10.1. The number of hydrogen-bond donors (Lipinski definition) is 1. The van der Waals surface area contributed by atoms with Gasteiger partial charge in [0.15, 0.2) is 11.0 Å². The second-order valence-corrected chi connectivity index (χ2v) is 8.43. The van der Waals surface area contributed by atoms with Gasteiger partial charge < -0.3 is 9.73 Å². The lowest BCUT2D eigenvalue weighted by atomic mass is 10.1. The Bertz CT molecular complexity index is 960. The third-order valence-electron chi connectivity index (χ3n) is 5.49. The van der Waals surface area contributed by atoms with Crippen molar-refractivity contribution in [1.82, 2.24) is 20.1 Å². The van der Waals surface area contributed by atoms with Crippen molar-refractivity contribution in [2.24, 2.45) is 0 Å². The molecule has 1 aliphatic carbocycles. The molecular weight excluding hydrogens is 384 g/mol. The molecule has 1 aromatic carbocycles. The third kappa shape index (κ3) is 4.40. The number of rotatable bonds is 7. The van der Waals surface area contributed by atoms with Gasteiger partial charge in [0, 0.05) is 6.04 Å². The molecule has 0 spiro atoms. The van der Waals surface area contributed by atoms with Crippen molar-refractivity contribution in [2.75, 3.05) is 5.75 Å². The Labute approximate surface area is 175 Å². The van der Waals surface area contributed by atoms with Gasteiger partial charge in [0.1, 0.15) is 5.76 Å². The van der Waals surface area contributed by atoms with Gasteiger partial charge in [0.05, 0.1) is 23.6 Å². The predicted octanol–water partition coefficient (Wildman–Crippen LogP) is 4.61. The number of aryl methyl sites for hydroxylation is 1. The minimum absolute atomic E-state index is 0.0240. The molecule has 1 N–H and O–H groups in total. The van der Waals surface area contributed by atoms with E-state index in [1.165, 1.54) is 24.6 Å². The largest absolute Gasteiger partial charge is 0.469 e. The zero-order valence-electron chi connectivity index (χ0n) is 16.8. The van der Waals surface area contributed by atoms with Gasteiger partial charge in [0.2, 0.25) is 5.91 Å². The Balaban J connectivity index is 1.59. The van der Waals surface area contributed by atoms with Crippen LogP contribution in [0.2, 0.25) is 0 Å². The smallest absolute Gasteiger partial charge is 0.230 e. The molecule has 0 aliphatic heterocycles. The minimum atomic E-state index is 0.0240. The van der Waals surface area contributed by atoms with Crippen LogP contribution >= 0.6 is 11.8 Å². The molecule has 6 nitrogen and oxygen atoms in total. The molecule has 0 radical (unpaired) electrons. The number of furan rings is 1. The number of carbonyl (C=O) groups is 1. The summed E-state index contributed by atoms with van der Waals surface area (Å²) in [4.78, 5) is 12.4. The summed E-state index contributed by atoms with van der Waals surface area (Å²) < 4.78 is 7.59. The molecule has 7 heteroatoms. The maximum atomic E-state index is 12.4. The van der Waals surface area contributed by atoms with Gasteiger partial charge in [0.25, 0.3) is 0 Å². The van der Waals surface area contributed by atoms with Crippen molar-refractivity contribution in [3.63, 3.8) is 0 Å². The molecule has 0 saturated heterocycles. The SMILES string of the molecule is Cc1occc1-c1nnc(SCC(=O)NC2CCCC2)n1[C@H](C)c1ccccc1. The summed E-state index contributed by atoms with van der Waals surface area (Å²) in [7, 11) is 0. The van der Waals surface area contributed by atoms with Gasteiger partial charge >= 0.3 is 0 Å². The van der Waals surface area contributed by atoms with E-state index in [-0.39, 0.29) is 11.9 Å². The molecule has 2 heterocycles. The van der Waals surface area contributed by atoms with E-state index in [0.717, 1.165) is 40.7 Å². The van der Waals surface area contributed by atoms with Crippen molar-refractivity contribution in [2.45, 2.75) is 56.8 Å². The van der Waals surface area contributed by atoms with Gasteiger partial charge in [-0.1, -0.05) is 54.9 Å². The van der Waals surface area contributed by atoms with Crippen LogP contribution in [0.5, 0.6) is 0 Å². The number of aromatic nitrogens is 3. The van der Waals surface area contributed by atoms with Gasteiger partial charge in [-0.15, -0.1) is 10.2 Å². The van der Waals surface area contributed by atoms with E-state index in [1.54, 1.807) is 6.26 Å². The number of nitrogens with one attached hydrogen (secondary N) is 1. The van der Waals surface area contributed by atoms with E-state index in [1.807, 2.05) is 31.2 Å². The zero-order valence-corrected chi connectivity index (χ0v) is 17.6. The summed E-state index contributed by atoms with van der Waals surface area (Å²) in [5.41, 5.74) is 2.08. The van der Waals surface area contributed by atoms with Gasteiger partial charge in [-0.2, -0.15) is 0 Å². The number of nitrogens with zero attached hydrogens (tertiary/aromatic N) is 3. The van der Waals surface area contributed by atoms with E-state index >= 15 is 0 Å². The summed E-state index contributed by atoms with van der Waals surface area (Å²) in [6, 6.07) is 12.5. The number of thioether (sulfide) groups is 1. The molecule has 152 valence electrons. The van der Waals surface area contributed by atoms with Crippen LogP contribution < -0.4 is 5.32 Å². The van der Waals surface area contributed by atoms with Gasteiger partial charge in [-0.3, -0.25) is 9.36 Å². The second kappa shape index (κ2) is 8.86. The van der Waals surface area contributed by atoms with Gasteiger partial charge in [-0.25, -0.2) is 0 Å². The number of carbonyl (C=O) groups excluding carboxylic acids is 1. The maximum Gasteiger partial charge on any atom is 0.230 e. The highest BCUT2D eigenvalue weighted by Crippen LogP contribution is 2.32. The number of amides is 1. The average molecular weight is 411 g/mol. The van der Waals surface area contributed by atoms with Gasteiger partial charge in [-0.05, 0) is 38.3 Å². The Morgan fingerprint density at radius 1 is 1.24 bits per heavy atom. The molecule has 0 bridgehead atoms. The highest BCUT2D eigenvalue weighted by molar-refractivity contribution is 7.99. The fourth-order valence-corrected chi connectivity index (χ4v) is 4.70. The van der Waals surface area contributed by atoms with E-state index < -0.39 is 0 Å². The zero-order chi connectivity index (χ0) is 20.2. The summed E-state index contributed by atoms with van der Waals surface area (Å²) in [5, 5.41) is 12.7. The van der Waals surface area contributed by atoms with Crippen molar-refractivity contribution in [3.8, 4) is 11.4 Å². The fraction of sp³-hybridized carbons (Fsp3) is 0.409. The summed E-state index contributed by atoms with van der Waals surface area (Å²) >= 11 is 1.43. The number of benzene rings is 1. The summed E-state index contributed by atoms with van der Waals surface area (Å²) in [6.07, 6.45) is 6.24. The lowest BCUT2D eigenvalue weighted by molar-refractivity contribution is -0.119. The molecule has 1 amide bonds. The Kier molecular flexibility index (Phi) is 6.04. The monoisotopic (exact) mass is 410 g/mol. The molecular formula is C22H26N4O2S. The predicted molar refractivity (Wildman–Crippen MR) is 114 cm³/mol. The standard InChI is InChI=1S/C22H26N4O2S/c1-15(17-8-4-3-5-9-17)26-21(19-12-13-28-16(19)2)24-25-22(26)29-14-20(27)23-18-10-6-7-11-18/h3-5,8-9,12-13,15,18H,6-7,10-11,14H2,1-2H3,(H,23,27)/t15-/m1/s1. The third-order valence-corrected chi connectivity index (χ3v) is 6.43. The van der Waals surface area contributed by atoms with Crippen molar-refractivity contribution in [1.29, 1.82) is 0 Å². The normalized spacial score (nSPS) is 15.5. The first kappa shape index (κ1) is 19.8. The topological polar surface area (TPSA) is 72.9 Å². The summed E-state index contributed by atoms with van der Waals surface area (Å²) in [6.45, 7) is 4.05. The van der Waals surface area contributed by atoms with E-state index in [4.69, 9.17) is 4.42 Å². The first-order chi connectivity index (χ1) is 14.1. The average Bonchev–Trinajstić information content (AvgIpc) is 3.47. The van der Waals surface area contributed by atoms with Crippen molar-refractivity contribution >= 4 is 17.7 Å². The maximum absolute atomic E-state index is 12.4. The van der Waals surface area contributed by atoms with Crippen LogP contribution in [0.4, 0.5) is 0 Å². The van der Waals surface area contributed by atoms with Crippen molar-refractivity contribution < 1.29 is 9.21 Å². The summed E-state index contributed by atoms with van der Waals surface area (Å²) in [5.74, 6) is 1.95. The lowest BCUT2D eigenvalue weighted by Gasteiger charge is -2.18. The second-order valence-electron chi connectivity index (χ2n) is 7.49. The Hall–Kier alpha value is -2.54. The molecule has 3 aromatic rings. The highest BCUT2D eigenvalue weighted by atomic mass is 32.2. The lowest BCUT2D eigenvalue weighted by Crippen LogP contribution is -2.33. The molecule has 1 atom stereocenters. The van der Waals surface area contributed by atoms with Crippen LogP contribution in [-0.4, -0.2) is 32.5 Å². The molecule has 4 rings (SSSR count). The van der Waals surface area contributed by atoms with E-state index in [2.05, 4.69) is 39.1 Å². The molecule has 1 fully saturated rings. The van der Waals surface area contributed by atoms with Crippen LogP contribution in [0.25, 0.3) is 11.4 Å². The van der Waals surface area contributed by atoms with Crippen LogP contribution in [0.1, 0.15) is 50.0 Å². The highest BCUT2D eigenvalue weighted by Gasteiger charge is 2.23. The molecule has 0 unspecified atom stereocenters. The van der Waals surface area contributed by atoms with Crippen LogP contribution in [0.15, 0.2) is 52.2 Å². The van der Waals surface area contributed by atoms with Crippen LogP contribution in [-0.2, 0) is 4.79 Å². The minimum Gasteiger partial charge on any atom is -0.469 e.